The number of amides is 1. The van der Waals surface area contributed by atoms with Crippen molar-refractivity contribution in [3.05, 3.63) is 68.6 Å². The van der Waals surface area contributed by atoms with E-state index in [2.05, 4.69) is 18.3 Å². The SMILES string of the molecule is CCNC(=O)c1cc(C(=O)C[C@H]2C[C@@H]2C)cn(Cc2cccc3c2CCC3)c1=O. The zero-order valence-electron chi connectivity index (χ0n) is 17.2. The van der Waals surface area contributed by atoms with Crippen LogP contribution in [0.5, 0.6) is 0 Å². The number of rotatable bonds is 7. The highest BCUT2D eigenvalue weighted by Gasteiger charge is 2.34. The topological polar surface area (TPSA) is 68.2 Å². The van der Waals surface area contributed by atoms with E-state index in [9.17, 15) is 14.4 Å². The molecule has 2 aliphatic rings. The second-order valence-electron chi connectivity index (χ2n) is 8.44. The fraction of sp³-hybridized carbons (Fsp3) is 0.458. The first-order valence-electron chi connectivity index (χ1n) is 10.6. The highest BCUT2D eigenvalue weighted by Crippen LogP contribution is 2.41. The number of nitrogens with zero attached hydrogens (tertiary/aromatic N) is 1. The normalized spacial score (nSPS) is 19.7. The van der Waals surface area contributed by atoms with Gasteiger partial charge in [-0.2, -0.15) is 0 Å². The van der Waals surface area contributed by atoms with Crippen LogP contribution in [-0.4, -0.2) is 22.8 Å². The number of aromatic nitrogens is 1. The van der Waals surface area contributed by atoms with Gasteiger partial charge in [-0.15, -0.1) is 0 Å². The van der Waals surface area contributed by atoms with Crippen molar-refractivity contribution >= 4 is 11.7 Å². The van der Waals surface area contributed by atoms with Gasteiger partial charge < -0.3 is 9.88 Å². The standard InChI is InChI=1S/C24H28N2O3/c1-3-25-23(28)21-11-19(22(27)12-18-10-15(18)2)14-26(24(21)29)13-17-8-4-6-16-7-5-9-20(16)17/h4,6,8,11,14-15,18H,3,5,7,9-10,12-13H2,1-2H3,(H,25,28)/t15-,18+/m0/s1. The highest BCUT2D eigenvalue weighted by atomic mass is 16.2. The van der Waals surface area contributed by atoms with Gasteiger partial charge in [0.05, 0.1) is 6.54 Å². The minimum Gasteiger partial charge on any atom is -0.352 e. The molecule has 0 spiro atoms. The van der Waals surface area contributed by atoms with Gasteiger partial charge in [0.25, 0.3) is 11.5 Å². The number of fused-ring (bicyclic) bond motifs is 1. The average molecular weight is 392 g/mol. The van der Waals surface area contributed by atoms with Gasteiger partial charge in [-0.1, -0.05) is 25.1 Å². The van der Waals surface area contributed by atoms with E-state index in [4.69, 9.17) is 0 Å². The molecule has 2 aromatic rings. The van der Waals surface area contributed by atoms with Crippen LogP contribution in [0.1, 0.15) is 70.5 Å². The largest absolute Gasteiger partial charge is 0.352 e. The zero-order chi connectivity index (χ0) is 20.5. The van der Waals surface area contributed by atoms with E-state index in [-0.39, 0.29) is 16.9 Å². The molecule has 0 unspecified atom stereocenters. The van der Waals surface area contributed by atoms with Crippen LogP contribution in [0.2, 0.25) is 0 Å². The van der Waals surface area contributed by atoms with Crippen molar-refractivity contribution in [2.75, 3.05) is 6.54 Å². The molecule has 4 rings (SSSR count). The Morgan fingerprint density at radius 3 is 2.76 bits per heavy atom. The second kappa shape index (κ2) is 7.97. The Balaban J connectivity index is 1.71. The maximum absolute atomic E-state index is 13.0. The number of carbonyl (C=O) groups excluding carboxylic acids is 2. The molecule has 1 heterocycles. The predicted molar refractivity (Wildman–Crippen MR) is 112 cm³/mol. The summed E-state index contributed by atoms with van der Waals surface area (Å²) in [7, 11) is 0. The first-order chi connectivity index (χ1) is 14.0. The number of Topliss-reactive ketones (excluding diaryl/α,β-unsaturated/α-hetero) is 1. The second-order valence-corrected chi connectivity index (χ2v) is 8.44. The first-order valence-corrected chi connectivity index (χ1v) is 10.6. The lowest BCUT2D eigenvalue weighted by Gasteiger charge is -2.14. The van der Waals surface area contributed by atoms with E-state index in [0.717, 1.165) is 31.2 Å². The van der Waals surface area contributed by atoms with Gasteiger partial charge in [0.15, 0.2) is 5.78 Å². The summed E-state index contributed by atoms with van der Waals surface area (Å²) in [6.45, 7) is 4.78. The summed E-state index contributed by atoms with van der Waals surface area (Å²) in [5, 5.41) is 2.70. The molecule has 5 heteroatoms. The summed E-state index contributed by atoms with van der Waals surface area (Å²) in [6.07, 6.45) is 6.42. The molecule has 2 aliphatic carbocycles. The van der Waals surface area contributed by atoms with E-state index in [1.165, 1.54) is 17.2 Å². The fourth-order valence-corrected chi connectivity index (χ4v) is 4.39. The Bertz CT molecular complexity index is 1020. The number of hydrogen-bond acceptors (Lipinski definition) is 3. The molecule has 0 radical (unpaired) electrons. The van der Waals surface area contributed by atoms with E-state index in [1.54, 1.807) is 10.8 Å². The number of hydrogen-bond donors (Lipinski definition) is 1. The molecule has 5 nitrogen and oxygen atoms in total. The average Bonchev–Trinajstić information content (AvgIpc) is 3.17. The van der Waals surface area contributed by atoms with Gasteiger partial charge in [0.2, 0.25) is 0 Å². The van der Waals surface area contributed by atoms with Crippen LogP contribution < -0.4 is 10.9 Å². The van der Waals surface area contributed by atoms with Crippen molar-refractivity contribution in [3.8, 4) is 0 Å². The number of aryl methyl sites for hydroxylation is 1. The summed E-state index contributed by atoms with van der Waals surface area (Å²) in [5.74, 6) is 0.601. The lowest BCUT2D eigenvalue weighted by Crippen LogP contribution is -2.34. The minimum absolute atomic E-state index is 0.0111. The summed E-state index contributed by atoms with van der Waals surface area (Å²) in [6, 6.07) is 7.70. The molecular formula is C24H28N2O3. The van der Waals surface area contributed by atoms with Gasteiger partial charge in [-0.05, 0) is 67.2 Å². The molecule has 0 saturated heterocycles. The van der Waals surface area contributed by atoms with E-state index >= 15 is 0 Å². The van der Waals surface area contributed by atoms with E-state index < -0.39 is 5.91 Å². The van der Waals surface area contributed by atoms with Crippen LogP contribution in [0.4, 0.5) is 0 Å². The van der Waals surface area contributed by atoms with E-state index in [1.807, 2.05) is 19.1 Å². The van der Waals surface area contributed by atoms with Crippen molar-refractivity contribution in [3.63, 3.8) is 0 Å². The fourth-order valence-electron chi connectivity index (χ4n) is 4.39. The monoisotopic (exact) mass is 392 g/mol. The number of ketones is 1. The van der Waals surface area contributed by atoms with Crippen LogP contribution in [0.15, 0.2) is 35.3 Å². The van der Waals surface area contributed by atoms with Crippen LogP contribution in [0.25, 0.3) is 0 Å². The minimum atomic E-state index is -0.418. The maximum Gasteiger partial charge on any atom is 0.263 e. The van der Waals surface area contributed by atoms with Crippen molar-refractivity contribution in [1.29, 1.82) is 0 Å². The van der Waals surface area contributed by atoms with Crippen LogP contribution in [0.3, 0.4) is 0 Å². The molecular weight excluding hydrogens is 364 g/mol. The summed E-state index contributed by atoms with van der Waals surface area (Å²) >= 11 is 0. The van der Waals surface area contributed by atoms with E-state index in [0.29, 0.717) is 36.9 Å². The lowest BCUT2D eigenvalue weighted by atomic mass is 10.0. The molecule has 1 aromatic carbocycles. The molecule has 2 atom stereocenters. The summed E-state index contributed by atoms with van der Waals surface area (Å²) < 4.78 is 1.54. The Kier molecular flexibility index (Phi) is 5.39. The van der Waals surface area contributed by atoms with Gasteiger partial charge in [-0.3, -0.25) is 14.4 Å². The van der Waals surface area contributed by atoms with Gasteiger partial charge in [0, 0.05) is 24.7 Å². The van der Waals surface area contributed by atoms with Gasteiger partial charge >= 0.3 is 0 Å². The Morgan fingerprint density at radius 1 is 1.24 bits per heavy atom. The first kappa shape index (κ1) is 19.6. The van der Waals surface area contributed by atoms with Crippen LogP contribution in [0, 0.1) is 11.8 Å². The third-order valence-electron chi connectivity index (χ3n) is 6.30. The Morgan fingerprint density at radius 2 is 2.03 bits per heavy atom. The number of nitrogens with one attached hydrogen (secondary N) is 1. The van der Waals surface area contributed by atoms with Crippen molar-refractivity contribution in [2.24, 2.45) is 11.8 Å². The Hall–Kier alpha value is -2.69. The highest BCUT2D eigenvalue weighted by molar-refractivity contribution is 6.00. The third-order valence-corrected chi connectivity index (χ3v) is 6.30. The molecule has 1 saturated carbocycles. The van der Waals surface area contributed by atoms with Crippen LogP contribution >= 0.6 is 0 Å². The van der Waals surface area contributed by atoms with Crippen LogP contribution in [-0.2, 0) is 19.4 Å². The zero-order valence-corrected chi connectivity index (χ0v) is 17.2. The molecule has 1 fully saturated rings. The molecule has 1 aromatic heterocycles. The Labute approximate surface area is 171 Å². The third kappa shape index (κ3) is 4.04. The maximum atomic E-state index is 13.0. The lowest BCUT2D eigenvalue weighted by molar-refractivity contribution is 0.0953. The van der Waals surface area contributed by atoms with Gasteiger partial charge in [-0.25, -0.2) is 0 Å². The predicted octanol–water partition coefficient (Wildman–Crippen LogP) is 3.36. The molecule has 1 amide bonds. The quantitative estimate of drug-likeness (QED) is 0.735. The number of carbonyl (C=O) groups is 2. The summed E-state index contributed by atoms with van der Waals surface area (Å²) in [4.78, 5) is 38.4. The van der Waals surface area contributed by atoms with Crippen molar-refractivity contribution in [2.45, 2.75) is 52.5 Å². The molecule has 1 N–H and O–H groups in total. The molecule has 152 valence electrons. The smallest absolute Gasteiger partial charge is 0.263 e. The molecule has 0 bridgehead atoms. The summed E-state index contributed by atoms with van der Waals surface area (Å²) in [5.41, 5.74) is 3.91. The number of benzene rings is 1. The number of pyridine rings is 1. The van der Waals surface area contributed by atoms with Crippen molar-refractivity contribution in [1.82, 2.24) is 9.88 Å². The molecule has 29 heavy (non-hydrogen) atoms. The molecule has 0 aliphatic heterocycles. The van der Waals surface area contributed by atoms with Gasteiger partial charge in [0.1, 0.15) is 5.56 Å². The van der Waals surface area contributed by atoms with Crippen molar-refractivity contribution < 1.29 is 9.59 Å².